The van der Waals surface area contributed by atoms with Gasteiger partial charge in [0, 0.05) is 11.6 Å². The quantitative estimate of drug-likeness (QED) is 0.591. The summed E-state index contributed by atoms with van der Waals surface area (Å²) in [4.78, 5) is 23.6. The maximum atomic E-state index is 11.8. The van der Waals surface area contributed by atoms with Gasteiger partial charge in [-0.1, -0.05) is 35.9 Å². The number of methoxy groups -OCH3 is 2. The lowest BCUT2D eigenvalue weighted by Gasteiger charge is -2.09. The molecule has 6 nitrogen and oxygen atoms in total. The highest BCUT2D eigenvalue weighted by Crippen LogP contribution is 2.31. The van der Waals surface area contributed by atoms with Gasteiger partial charge in [0.1, 0.15) is 0 Å². The van der Waals surface area contributed by atoms with E-state index in [1.165, 1.54) is 26.4 Å². The van der Waals surface area contributed by atoms with Crippen molar-refractivity contribution in [2.45, 2.75) is 0 Å². The molecule has 0 aliphatic carbocycles. The number of anilines is 1. The SMILES string of the molecule is COc1cccc(/C=C/C(=O)OCC(=O)Nc2ccccc2Cl)c1OC. The standard InChI is InChI=1S/C19H18ClNO5/c1-24-16-9-5-6-13(19(16)25-2)10-11-18(23)26-12-17(22)21-15-8-4-3-7-14(15)20/h3-11H,12H2,1-2H3,(H,21,22)/b11-10+. The molecule has 2 rings (SSSR count). The summed E-state index contributed by atoms with van der Waals surface area (Å²) in [5, 5.41) is 2.96. The molecule has 0 atom stereocenters. The molecule has 0 heterocycles. The van der Waals surface area contributed by atoms with Crippen molar-refractivity contribution in [3.63, 3.8) is 0 Å². The molecule has 7 heteroatoms. The fraction of sp³-hybridized carbons (Fsp3) is 0.158. The molecule has 2 aromatic rings. The molecule has 136 valence electrons. The van der Waals surface area contributed by atoms with Crippen molar-refractivity contribution in [3.8, 4) is 11.5 Å². The van der Waals surface area contributed by atoms with Crippen LogP contribution in [-0.4, -0.2) is 32.7 Å². The predicted octanol–water partition coefficient (Wildman–Crippen LogP) is 3.55. The smallest absolute Gasteiger partial charge is 0.331 e. The number of ether oxygens (including phenoxy) is 3. The van der Waals surface area contributed by atoms with Gasteiger partial charge in [0.05, 0.1) is 24.9 Å². The fourth-order valence-corrected chi connectivity index (χ4v) is 2.32. The van der Waals surface area contributed by atoms with E-state index in [4.69, 9.17) is 25.8 Å². The number of amides is 1. The Balaban J connectivity index is 1.92. The van der Waals surface area contributed by atoms with Crippen molar-refractivity contribution in [2.75, 3.05) is 26.1 Å². The molecule has 1 amide bonds. The summed E-state index contributed by atoms with van der Waals surface area (Å²) < 4.78 is 15.4. The van der Waals surface area contributed by atoms with E-state index >= 15 is 0 Å². The number of rotatable bonds is 7. The number of halogens is 1. The van der Waals surface area contributed by atoms with E-state index in [1.807, 2.05) is 0 Å². The number of nitrogens with one attached hydrogen (secondary N) is 1. The molecular formula is C19H18ClNO5. The normalized spacial score (nSPS) is 10.4. The van der Waals surface area contributed by atoms with Crippen LogP contribution in [0.4, 0.5) is 5.69 Å². The average molecular weight is 376 g/mol. The van der Waals surface area contributed by atoms with E-state index in [0.29, 0.717) is 27.8 Å². The Morgan fingerprint density at radius 2 is 1.85 bits per heavy atom. The number of carbonyl (C=O) groups excluding carboxylic acids is 2. The average Bonchev–Trinajstić information content (AvgIpc) is 2.66. The number of benzene rings is 2. The van der Waals surface area contributed by atoms with Crippen LogP contribution in [0.15, 0.2) is 48.5 Å². The van der Waals surface area contributed by atoms with Gasteiger partial charge in [0.15, 0.2) is 18.1 Å². The second-order valence-corrected chi connectivity index (χ2v) is 5.46. The summed E-state index contributed by atoms with van der Waals surface area (Å²) in [6.45, 7) is -0.427. The van der Waals surface area contributed by atoms with Crippen molar-refractivity contribution in [1.29, 1.82) is 0 Å². The molecule has 2 aromatic carbocycles. The fourth-order valence-electron chi connectivity index (χ4n) is 2.13. The first-order valence-electron chi connectivity index (χ1n) is 7.65. The Morgan fingerprint density at radius 1 is 1.08 bits per heavy atom. The Morgan fingerprint density at radius 3 is 2.54 bits per heavy atom. The predicted molar refractivity (Wildman–Crippen MR) is 99.6 cm³/mol. The molecular weight excluding hydrogens is 358 g/mol. The minimum absolute atomic E-state index is 0.400. The number of para-hydroxylation sites is 2. The third-order valence-electron chi connectivity index (χ3n) is 3.33. The first kappa shape index (κ1) is 19.3. The van der Waals surface area contributed by atoms with Gasteiger partial charge in [-0.3, -0.25) is 4.79 Å². The van der Waals surface area contributed by atoms with Gasteiger partial charge >= 0.3 is 5.97 Å². The molecule has 0 aromatic heterocycles. The highest BCUT2D eigenvalue weighted by Gasteiger charge is 2.09. The molecule has 0 aliphatic rings. The van der Waals surface area contributed by atoms with E-state index in [-0.39, 0.29) is 0 Å². The number of esters is 1. The third kappa shape index (κ3) is 5.26. The molecule has 0 unspecified atom stereocenters. The van der Waals surface area contributed by atoms with E-state index in [1.54, 1.807) is 42.5 Å². The molecule has 0 radical (unpaired) electrons. The van der Waals surface area contributed by atoms with Gasteiger partial charge in [0.2, 0.25) is 0 Å². The van der Waals surface area contributed by atoms with Crippen LogP contribution < -0.4 is 14.8 Å². The minimum Gasteiger partial charge on any atom is -0.493 e. The van der Waals surface area contributed by atoms with Gasteiger partial charge in [-0.15, -0.1) is 0 Å². The Kier molecular flexibility index (Phi) is 7.05. The van der Waals surface area contributed by atoms with Gasteiger partial charge in [-0.25, -0.2) is 4.79 Å². The van der Waals surface area contributed by atoms with Crippen LogP contribution in [0.2, 0.25) is 5.02 Å². The Bertz CT molecular complexity index is 819. The van der Waals surface area contributed by atoms with E-state index in [2.05, 4.69) is 5.32 Å². The topological polar surface area (TPSA) is 73.9 Å². The summed E-state index contributed by atoms with van der Waals surface area (Å²) in [6.07, 6.45) is 2.73. The van der Waals surface area contributed by atoms with E-state index in [9.17, 15) is 9.59 Å². The lowest BCUT2D eigenvalue weighted by atomic mass is 10.1. The van der Waals surface area contributed by atoms with Crippen molar-refractivity contribution in [1.82, 2.24) is 0 Å². The highest BCUT2D eigenvalue weighted by molar-refractivity contribution is 6.33. The molecule has 0 bridgehead atoms. The van der Waals surface area contributed by atoms with Crippen LogP contribution in [0.3, 0.4) is 0 Å². The molecule has 26 heavy (non-hydrogen) atoms. The maximum Gasteiger partial charge on any atom is 0.331 e. The lowest BCUT2D eigenvalue weighted by Crippen LogP contribution is -2.20. The Hall–Kier alpha value is -2.99. The zero-order chi connectivity index (χ0) is 18.9. The third-order valence-corrected chi connectivity index (χ3v) is 3.66. The zero-order valence-corrected chi connectivity index (χ0v) is 15.1. The van der Waals surface area contributed by atoms with Gasteiger partial charge in [0.25, 0.3) is 5.91 Å². The molecule has 0 spiro atoms. The second-order valence-electron chi connectivity index (χ2n) is 5.05. The number of hydrogen-bond donors (Lipinski definition) is 1. The lowest BCUT2D eigenvalue weighted by molar-refractivity contribution is -0.142. The summed E-state index contributed by atoms with van der Waals surface area (Å²) in [5.74, 6) is -0.111. The molecule has 0 aliphatic heterocycles. The van der Waals surface area contributed by atoms with Crippen LogP contribution in [0.1, 0.15) is 5.56 Å². The van der Waals surface area contributed by atoms with Crippen LogP contribution >= 0.6 is 11.6 Å². The largest absolute Gasteiger partial charge is 0.493 e. The summed E-state index contributed by atoms with van der Waals surface area (Å²) in [7, 11) is 3.03. The monoisotopic (exact) mass is 375 g/mol. The maximum absolute atomic E-state index is 11.8. The molecule has 1 N–H and O–H groups in total. The number of carbonyl (C=O) groups is 2. The van der Waals surface area contributed by atoms with Crippen molar-refractivity contribution in [3.05, 3.63) is 59.1 Å². The first-order valence-corrected chi connectivity index (χ1v) is 8.03. The van der Waals surface area contributed by atoms with Crippen LogP contribution in [0.25, 0.3) is 6.08 Å². The van der Waals surface area contributed by atoms with Crippen LogP contribution in [0, 0.1) is 0 Å². The van der Waals surface area contributed by atoms with Crippen LogP contribution in [0.5, 0.6) is 11.5 Å². The minimum atomic E-state index is -0.663. The molecule has 0 fully saturated rings. The van der Waals surface area contributed by atoms with Gasteiger partial charge < -0.3 is 19.5 Å². The van der Waals surface area contributed by atoms with E-state index in [0.717, 1.165) is 0 Å². The van der Waals surface area contributed by atoms with Crippen molar-refractivity contribution < 1.29 is 23.8 Å². The van der Waals surface area contributed by atoms with Gasteiger partial charge in [-0.05, 0) is 24.3 Å². The Labute approximate surface area is 156 Å². The summed E-state index contributed by atoms with van der Waals surface area (Å²) in [5.41, 5.74) is 1.09. The molecule has 0 saturated carbocycles. The summed E-state index contributed by atoms with van der Waals surface area (Å²) in [6, 6.07) is 12.0. The zero-order valence-electron chi connectivity index (χ0n) is 14.3. The van der Waals surface area contributed by atoms with Crippen molar-refractivity contribution in [2.24, 2.45) is 0 Å². The number of hydrogen-bond acceptors (Lipinski definition) is 5. The highest BCUT2D eigenvalue weighted by atomic mass is 35.5. The second kappa shape index (κ2) is 9.48. The first-order chi connectivity index (χ1) is 12.5. The van der Waals surface area contributed by atoms with Gasteiger partial charge in [-0.2, -0.15) is 0 Å². The molecule has 0 saturated heterocycles. The van der Waals surface area contributed by atoms with Crippen molar-refractivity contribution >= 4 is 35.2 Å². The summed E-state index contributed by atoms with van der Waals surface area (Å²) >= 11 is 5.95. The van der Waals surface area contributed by atoms with Crippen LogP contribution in [-0.2, 0) is 14.3 Å². The van der Waals surface area contributed by atoms with E-state index < -0.39 is 18.5 Å².